The van der Waals surface area contributed by atoms with Gasteiger partial charge in [-0.3, -0.25) is 0 Å². The van der Waals surface area contributed by atoms with Crippen molar-refractivity contribution in [1.29, 1.82) is 0 Å². The summed E-state index contributed by atoms with van der Waals surface area (Å²) in [7, 11) is 0. The number of benzene rings is 2. The molecule has 0 fully saturated rings. The molecule has 0 aliphatic heterocycles. The van der Waals surface area contributed by atoms with Crippen molar-refractivity contribution in [3.8, 4) is 28.3 Å². The molecule has 3 aromatic rings. The van der Waals surface area contributed by atoms with E-state index in [0.717, 1.165) is 23.1 Å². The van der Waals surface area contributed by atoms with E-state index in [2.05, 4.69) is 16.9 Å². The zero-order valence-electron chi connectivity index (χ0n) is 22.6. The molecule has 0 saturated heterocycles. The monoisotopic (exact) mass is 504 g/mol. The number of carbonyl (C=O) groups is 1. The summed E-state index contributed by atoms with van der Waals surface area (Å²) in [5.74, 6) is 0.147. The smallest absolute Gasteiger partial charge is 0.348 e. The van der Waals surface area contributed by atoms with Gasteiger partial charge in [0.2, 0.25) is 5.67 Å². The van der Waals surface area contributed by atoms with Gasteiger partial charge in [-0.2, -0.15) is 0 Å². The predicted molar refractivity (Wildman–Crippen MR) is 149 cm³/mol. The maximum Gasteiger partial charge on any atom is 0.348 e. The Kier molecular flexibility index (Phi) is 11.2. The maximum absolute atomic E-state index is 14.5. The fourth-order valence-electron chi connectivity index (χ4n) is 4.50. The first-order valence-electron chi connectivity index (χ1n) is 13.9. The molecule has 1 aromatic heterocycles. The lowest BCUT2D eigenvalue weighted by Crippen LogP contribution is -2.34. The van der Waals surface area contributed by atoms with E-state index in [1.807, 2.05) is 55.7 Å². The van der Waals surface area contributed by atoms with Crippen molar-refractivity contribution in [2.45, 2.75) is 97.1 Å². The molecule has 1 atom stereocenters. The van der Waals surface area contributed by atoms with Crippen LogP contribution in [0.4, 0.5) is 4.39 Å². The van der Waals surface area contributed by atoms with E-state index in [-0.39, 0.29) is 6.42 Å². The molecule has 2 aromatic carbocycles. The van der Waals surface area contributed by atoms with Crippen molar-refractivity contribution in [3.05, 3.63) is 66.5 Å². The third-order valence-electron chi connectivity index (χ3n) is 6.71. The fourth-order valence-corrected chi connectivity index (χ4v) is 4.50. The van der Waals surface area contributed by atoms with Crippen LogP contribution in [-0.2, 0) is 11.2 Å². The van der Waals surface area contributed by atoms with Gasteiger partial charge in [0.05, 0.1) is 0 Å². The molecule has 198 valence electrons. The van der Waals surface area contributed by atoms with E-state index in [1.54, 1.807) is 12.1 Å². The summed E-state index contributed by atoms with van der Waals surface area (Å²) in [5.41, 5.74) is 2.04. The number of aromatic nitrogens is 2. The van der Waals surface area contributed by atoms with Crippen molar-refractivity contribution in [2.75, 3.05) is 0 Å². The van der Waals surface area contributed by atoms with Gasteiger partial charge in [-0.05, 0) is 55.0 Å². The Hall–Kier alpha value is -3.08. The van der Waals surface area contributed by atoms with Crippen molar-refractivity contribution in [2.24, 2.45) is 0 Å². The Labute approximate surface area is 221 Å². The number of carbonyl (C=O) groups excluding carboxylic acids is 1. The first-order valence-corrected chi connectivity index (χ1v) is 13.9. The highest BCUT2D eigenvalue weighted by Gasteiger charge is 2.34. The second kappa shape index (κ2) is 14.6. The lowest BCUT2D eigenvalue weighted by Gasteiger charge is -2.17. The van der Waals surface area contributed by atoms with Gasteiger partial charge in [-0.15, -0.1) is 0 Å². The third-order valence-corrected chi connectivity index (χ3v) is 6.71. The van der Waals surface area contributed by atoms with Gasteiger partial charge in [-0.25, -0.2) is 19.2 Å². The first-order chi connectivity index (χ1) is 17.9. The zero-order chi connectivity index (χ0) is 26.5. The van der Waals surface area contributed by atoms with E-state index >= 15 is 0 Å². The van der Waals surface area contributed by atoms with Gasteiger partial charge in [0.15, 0.2) is 5.82 Å². The number of nitrogens with zero attached hydrogens (tertiary/aromatic N) is 2. The Balaban J connectivity index is 1.60. The summed E-state index contributed by atoms with van der Waals surface area (Å²) >= 11 is 0. The second-order valence-corrected chi connectivity index (χ2v) is 10.0. The van der Waals surface area contributed by atoms with E-state index in [1.165, 1.54) is 63.9 Å². The molecule has 0 spiro atoms. The topological polar surface area (TPSA) is 52.1 Å². The molecule has 0 aliphatic rings. The SMILES string of the molecule is CCCCCCCCCCc1cnc(-c2ccccc2-c2ccc(OC(=O)C(C)(F)CCC)cc2)nc1. The molecule has 0 bridgehead atoms. The lowest BCUT2D eigenvalue weighted by molar-refractivity contribution is -0.147. The average Bonchev–Trinajstić information content (AvgIpc) is 2.91. The number of rotatable bonds is 15. The summed E-state index contributed by atoms with van der Waals surface area (Å²) in [5, 5.41) is 0. The molecule has 0 radical (unpaired) electrons. The third kappa shape index (κ3) is 8.77. The molecule has 0 amide bonds. The quantitative estimate of drug-likeness (QED) is 0.118. The van der Waals surface area contributed by atoms with Gasteiger partial charge in [0, 0.05) is 18.0 Å². The summed E-state index contributed by atoms with van der Waals surface area (Å²) < 4.78 is 19.7. The van der Waals surface area contributed by atoms with Crippen LogP contribution in [0, 0.1) is 0 Å². The van der Waals surface area contributed by atoms with Gasteiger partial charge >= 0.3 is 5.97 Å². The van der Waals surface area contributed by atoms with Crippen LogP contribution in [-0.4, -0.2) is 21.6 Å². The maximum atomic E-state index is 14.5. The Bertz CT molecular complexity index is 1090. The van der Waals surface area contributed by atoms with Crippen LogP contribution in [0.2, 0.25) is 0 Å². The molecular formula is C32H41FN2O2. The number of hydrogen-bond acceptors (Lipinski definition) is 4. The molecule has 1 heterocycles. The summed E-state index contributed by atoms with van der Waals surface area (Å²) in [6.07, 6.45) is 16.0. The molecule has 1 unspecified atom stereocenters. The molecule has 3 rings (SSSR count). The highest BCUT2D eigenvalue weighted by Crippen LogP contribution is 2.31. The Morgan fingerprint density at radius 1 is 0.811 bits per heavy atom. The summed E-state index contributed by atoms with van der Waals surface area (Å²) in [6, 6.07) is 15.1. The summed E-state index contributed by atoms with van der Waals surface area (Å²) in [4.78, 5) is 21.5. The minimum atomic E-state index is -1.99. The van der Waals surface area contributed by atoms with Crippen LogP contribution < -0.4 is 4.74 Å². The van der Waals surface area contributed by atoms with Gasteiger partial charge < -0.3 is 4.74 Å². The predicted octanol–water partition coefficient (Wildman–Crippen LogP) is 8.93. The summed E-state index contributed by atoms with van der Waals surface area (Å²) in [6.45, 7) is 5.36. The van der Waals surface area contributed by atoms with Gasteiger partial charge in [0.1, 0.15) is 5.75 Å². The first kappa shape index (κ1) is 28.5. The van der Waals surface area contributed by atoms with Crippen molar-refractivity contribution >= 4 is 5.97 Å². The second-order valence-electron chi connectivity index (χ2n) is 10.0. The Morgan fingerprint density at radius 3 is 2.03 bits per heavy atom. The van der Waals surface area contributed by atoms with E-state index < -0.39 is 11.6 Å². The number of esters is 1. The van der Waals surface area contributed by atoms with E-state index in [4.69, 9.17) is 4.74 Å². The largest absolute Gasteiger partial charge is 0.424 e. The Morgan fingerprint density at radius 2 is 1.41 bits per heavy atom. The van der Waals surface area contributed by atoms with Gasteiger partial charge in [-0.1, -0.05) is 102 Å². The van der Waals surface area contributed by atoms with Crippen molar-refractivity contribution in [3.63, 3.8) is 0 Å². The van der Waals surface area contributed by atoms with Crippen LogP contribution in [0.1, 0.15) is 90.5 Å². The molecule has 5 heteroatoms. The molecule has 0 aliphatic carbocycles. The lowest BCUT2D eigenvalue weighted by atomic mass is 9.99. The van der Waals surface area contributed by atoms with Crippen LogP contribution in [0.25, 0.3) is 22.5 Å². The average molecular weight is 505 g/mol. The number of aryl methyl sites for hydroxylation is 1. The van der Waals surface area contributed by atoms with Crippen LogP contribution in [0.3, 0.4) is 0 Å². The minimum absolute atomic E-state index is 0.134. The molecule has 0 saturated carbocycles. The number of unbranched alkanes of at least 4 members (excludes halogenated alkanes) is 7. The minimum Gasteiger partial charge on any atom is -0.424 e. The highest BCUT2D eigenvalue weighted by atomic mass is 19.1. The number of hydrogen-bond donors (Lipinski definition) is 0. The number of alkyl halides is 1. The van der Waals surface area contributed by atoms with Crippen molar-refractivity contribution in [1.82, 2.24) is 9.97 Å². The zero-order valence-corrected chi connectivity index (χ0v) is 22.6. The van der Waals surface area contributed by atoms with Gasteiger partial charge in [0.25, 0.3) is 0 Å². The molecule has 37 heavy (non-hydrogen) atoms. The fraction of sp³-hybridized carbons (Fsp3) is 0.469. The molecule has 4 nitrogen and oxygen atoms in total. The highest BCUT2D eigenvalue weighted by molar-refractivity contribution is 5.82. The van der Waals surface area contributed by atoms with E-state index in [0.29, 0.717) is 18.0 Å². The molecular weight excluding hydrogens is 463 g/mol. The number of halogens is 1. The van der Waals surface area contributed by atoms with Crippen molar-refractivity contribution < 1.29 is 13.9 Å². The standard InChI is InChI=1S/C32H41FN2O2/c1-4-6-7-8-9-10-11-12-15-25-23-34-30(35-24-25)29-17-14-13-16-28(29)26-18-20-27(21-19-26)37-31(36)32(3,33)22-5-2/h13-14,16-21,23-24H,4-12,15,22H2,1-3H3. The number of ether oxygens (including phenoxy) is 1. The van der Waals surface area contributed by atoms with Crippen LogP contribution >= 0.6 is 0 Å². The van der Waals surface area contributed by atoms with Crippen LogP contribution in [0.15, 0.2) is 60.9 Å². The van der Waals surface area contributed by atoms with Crippen LogP contribution in [0.5, 0.6) is 5.75 Å². The van der Waals surface area contributed by atoms with E-state index in [9.17, 15) is 9.18 Å². The molecule has 0 N–H and O–H groups in total. The normalized spacial score (nSPS) is 12.8.